The molecule has 0 atom stereocenters. The third-order valence-corrected chi connectivity index (χ3v) is 4.53. The van der Waals surface area contributed by atoms with Gasteiger partial charge >= 0.3 is 0 Å². The first-order valence-corrected chi connectivity index (χ1v) is 8.71. The van der Waals surface area contributed by atoms with Gasteiger partial charge in [-0.05, 0) is 18.2 Å². The number of carbonyl (C=O) groups is 1. The monoisotopic (exact) mass is 365 g/mol. The molecule has 3 aromatic rings. The van der Waals surface area contributed by atoms with Gasteiger partial charge < -0.3 is 14.4 Å². The molecule has 0 unspecified atom stereocenters. The van der Waals surface area contributed by atoms with Crippen LogP contribution in [-0.4, -0.2) is 61.3 Å². The normalized spacial score (nSPS) is 14.4. The van der Waals surface area contributed by atoms with E-state index in [1.807, 2.05) is 35.2 Å². The van der Waals surface area contributed by atoms with Crippen LogP contribution in [0.1, 0.15) is 0 Å². The van der Waals surface area contributed by atoms with E-state index in [0.29, 0.717) is 26.2 Å². The molecule has 4 rings (SSSR count). The standard InChI is InChI=1S/C18H19N7O2/c26-17-4-3-5-21-25(17)13-18(27)24-10-8-23(9-11-24)16-12-15(19-14-20-16)22-6-1-2-7-22/h1-7,12,14H,8-11,13H2. The van der Waals surface area contributed by atoms with Gasteiger partial charge in [-0.25, -0.2) is 14.6 Å². The summed E-state index contributed by atoms with van der Waals surface area (Å²) in [4.78, 5) is 36.7. The number of aromatic nitrogens is 5. The van der Waals surface area contributed by atoms with Crippen molar-refractivity contribution < 1.29 is 4.79 Å². The molecule has 1 saturated heterocycles. The highest BCUT2D eigenvalue weighted by atomic mass is 16.2. The first-order chi connectivity index (χ1) is 13.2. The number of hydrogen-bond donors (Lipinski definition) is 0. The van der Waals surface area contributed by atoms with Crippen LogP contribution in [0, 0.1) is 0 Å². The van der Waals surface area contributed by atoms with E-state index in [1.165, 1.54) is 16.9 Å². The topological polar surface area (TPSA) is 89.2 Å². The maximum Gasteiger partial charge on any atom is 0.267 e. The van der Waals surface area contributed by atoms with Crippen molar-refractivity contribution in [3.8, 4) is 5.82 Å². The van der Waals surface area contributed by atoms with Crippen LogP contribution in [0.3, 0.4) is 0 Å². The molecule has 0 spiro atoms. The van der Waals surface area contributed by atoms with Crippen LogP contribution in [0.25, 0.3) is 5.82 Å². The molecule has 0 saturated carbocycles. The number of amides is 1. The predicted molar refractivity (Wildman–Crippen MR) is 98.6 cm³/mol. The Balaban J connectivity index is 1.39. The van der Waals surface area contributed by atoms with Crippen molar-refractivity contribution in [2.45, 2.75) is 6.54 Å². The molecular weight excluding hydrogens is 346 g/mol. The SMILES string of the molecule is O=C(Cn1ncccc1=O)N1CCN(c2cc(-n3cccc3)ncn2)CC1. The lowest BCUT2D eigenvalue weighted by Crippen LogP contribution is -2.50. The Kier molecular flexibility index (Phi) is 4.65. The summed E-state index contributed by atoms with van der Waals surface area (Å²) in [5, 5.41) is 3.94. The molecule has 138 valence electrons. The van der Waals surface area contributed by atoms with E-state index in [2.05, 4.69) is 20.0 Å². The van der Waals surface area contributed by atoms with Gasteiger partial charge in [-0.15, -0.1) is 0 Å². The van der Waals surface area contributed by atoms with Crippen molar-refractivity contribution in [1.29, 1.82) is 0 Å². The van der Waals surface area contributed by atoms with Gasteiger partial charge in [-0.2, -0.15) is 5.10 Å². The largest absolute Gasteiger partial charge is 0.353 e. The van der Waals surface area contributed by atoms with E-state index in [4.69, 9.17) is 0 Å². The Morgan fingerprint density at radius 2 is 1.74 bits per heavy atom. The summed E-state index contributed by atoms with van der Waals surface area (Å²) in [5.74, 6) is 1.53. The summed E-state index contributed by atoms with van der Waals surface area (Å²) >= 11 is 0. The number of hydrogen-bond acceptors (Lipinski definition) is 6. The van der Waals surface area contributed by atoms with Crippen LogP contribution in [-0.2, 0) is 11.3 Å². The highest BCUT2D eigenvalue weighted by molar-refractivity contribution is 5.76. The average molecular weight is 365 g/mol. The van der Waals surface area contributed by atoms with Crippen LogP contribution in [0.2, 0.25) is 0 Å². The van der Waals surface area contributed by atoms with Gasteiger partial charge in [0.1, 0.15) is 24.5 Å². The fourth-order valence-electron chi connectivity index (χ4n) is 3.06. The Labute approximate surface area is 155 Å². The molecule has 1 aliphatic heterocycles. The quantitative estimate of drug-likeness (QED) is 0.655. The lowest BCUT2D eigenvalue weighted by atomic mass is 10.3. The van der Waals surface area contributed by atoms with Crippen LogP contribution in [0.4, 0.5) is 5.82 Å². The predicted octanol–water partition coefficient (Wildman–Crippen LogP) is 0.173. The van der Waals surface area contributed by atoms with Gasteiger partial charge in [-0.1, -0.05) is 0 Å². The highest BCUT2D eigenvalue weighted by Crippen LogP contribution is 2.16. The Bertz CT molecular complexity index is 975. The van der Waals surface area contributed by atoms with Crippen LogP contribution in [0.15, 0.2) is 60.0 Å². The van der Waals surface area contributed by atoms with Gasteiger partial charge in [0.2, 0.25) is 5.91 Å². The fourth-order valence-corrected chi connectivity index (χ4v) is 3.06. The smallest absolute Gasteiger partial charge is 0.267 e. The Morgan fingerprint density at radius 3 is 2.48 bits per heavy atom. The van der Waals surface area contributed by atoms with Gasteiger partial charge in [-0.3, -0.25) is 9.59 Å². The van der Waals surface area contributed by atoms with Crippen LogP contribution >= 0.6 is 0 Å². The zero-order chi connectivity index (χ0) is 18.6. The highest BCUT2D eigenvalue weighted by Gasteiger charge is 2.22. The molecular formula is C18H19N7O2. The van der Waals surface area contributed by atoms with Crippen LogP contribution in [0.5, 0.6) is 0 Å². The summed E-state index contributed by atoms with van der Waals surface area (Å²) in [5.41, 5.74) is -0.275. The van der Waals surface area contributed by atoms with Gasteiger partial charge in [0.25, 0.3) is 5.56 Å². The lowest BCUT2D eigenvalue weighted by molar-refractivity contribution is -0.132. The molecule has 1 fully saturated rings. The average Bonchev–Trinajstić information content (AvgIpc) is 3.25. The molecule has 0 N–H and O–H groups in total. The van der Waals surface area contributed by atoms with Gasteiger partial charge in [0.05, 0.1) is 0 Å². The summed E-state index contributed by atoms with van der Waals surface area (Å²) in [7, 11) is 0. The third-order valence-electron chi connectivity index (χ3n) is 4.53. The van der Waals surface area contributed by atoms with Crippen molar-refractivity contribution in [3.05, 3.63) is 65.6 Å². The number of nitrogens with zero attached hydrogens (tertiary/aromatic N) is 7. The first-order valence-electron chi connectivity index (χ1n) is 8.71. The fraction of sp³-hybridized carbons (Fsp3) is 0.278. The Hall–Kier alpha value is -3.49. The van der Waals surface area contributed by atoms with E-state index in [-0.39, 0.29) is 18.0 Å². The molecule has 9 nitrogen and oxygen atoms in total. The minimum Gasteiger partial charge on any atom is -0.353 e. The van der Waals surface area contributed by atoms with Crippen LogP contribution < -0.4 is 10.5 Å². The van der Waals surface area contributed by atoms with Gasteiger partial charge in [0.15, 0.2) is 0 Å². The number of carbonyl (C=O) groups excluding carboxylic acids is 1. The molecule has 27 heavy (non-hydrogen) atoms. The Morgan fingerprint density at radius 1 is 1.00 bits per heavy atom. The summed E-state index contributed by atoms with van der Waals surface area (Å²) in [6.07, 6.45) is 6.92. The van der Waals surface area contributed by atoms with E-state index in [1.54, 1.807) is 17.3 Å². The maximum absolute atomic E-state index is 12.5. The zero-order valence-electron chi connectivity index (χ0n) is 14.7. The molecule has 9 heteroatoms. The van der Waals surface area contributed by atoms with E-state index in [9.17, 15) is 9.59 Å². The van der Waals surface area contributed by atoms with E-state index < -0.39 is 0 Å². The zero-order valence-corrected chi connectivity index (χ0v) is 14.7. The molecule has 0 radical (unpaired) electrons. The third kappa shape index (κ3) is 3.71. The second-order valence-electron chi connectivity index (χ2n) is 6.21. The van der Waals surface area contributed by atoms with Crippen molar-refractivity contribution in [2.75, 3.05) is 31.1 Å². The summed E-state index contributed by atoms with van der Waals surface area (Å²) < 4.78 is 3.11. The maximum atomic E-state index is 12.5. The van der Waals surface area contributed by atoms with E-state index in [0.717, 1.165) is 11.6 Å². The molecule has 0 aromatic carbocycles. The molecule has 1 amide bonds. The number of anilines is 1. The van der Waals surface area contributed by atoms with Crippen molar-refractivity contribution in [2.24, 2.45) is 0 Å². The number of rotatable bonds is 4. The lowest BCUT2D eigenvalue weighted by Gasteiger charge is -2.35. The first kappa shape index (κ1) is 17.0. The molecule has 1 aliphatic rings. The molecule has 3 aromatic heterocycles. The summed E-state index contributed by atoms with van der Waals surface area (Å²) in [6, 6.07) is 8.78. The summed E-state index contributed by atoms with van der Waals surface area (Å²) in [6.45, 7) is 2.45. The van der Waals surface area contributed by atoms with Crippen molar-refractivity contribution >= 4 is 11.7 Å². The minimum absolute atomic E-state index is 0.0367. The van der Waals surface area contributed by atoms with Crippen molar-refractivity contribution in [3.63, 3.8) is 0 Å². The minimum atomic E-state index is -0.275. The number of piperazine rings is 1. The second kappa shape index (κ2) is 7.40. The van der Waals surface area contributed by atoms with Crippen molar-refractivity contribution in [1.82, 2.24) is 29.2 Å². The molecule has 4 heterocycles. The second-order valence-corrected chi connectivity index (χ2v) is 6.21. The van der Waals surface area contributed by atoms with Gasteiger partial charge in [0, 0.05) is 56.9 Å². The molecule has 0 aliphatic carbocycles. The molecule has 0 bridgehead atoms. The van der Waals surface area contributed by atoms with E-state index >= 15 is 0 Å².